The Bertz CT molecular complexity index is 1150. The van der Waals surface area contributed by atoms with E-state index in [0.29, 0.717) is 24.0 Å². The predicted molar refractivity (Wildman–Crippen MR) is 124 cm³/mol. The van der Waals surface area contributed by atoms with Gasteiger partial charge < -0.3 is 0 Å². The predicted octanol–water partition coefficient (Wildman–Crippen LogP) is 5.90. The zero-order chi connectivity index (χ0) is 21.1. The third-order valence-electron chi connectivity index (χ3n) is 5.19. The first kappa shape index (κ1) is 20.2. The van der Waals surface area contributed by atoms with E-state index in [-0.39, 0.29) is 5.91 Å². The van der Waals surface area contributed by atoms with E-state index >= 15 is 0 Å². The average molecular weight is 416 g/mol. The lowest BCUT2D eigenvalue weighted by molar-refractivity contribution is -0.118. The smallest absolute Gasteiger partial charge is 0.233 e. The topological polar surface area (TPSA) is 46.1 Å². The largest absolute Gasteiger partial charge is 0.282 e. The number of carbonyl (C=O) groups is 1. The van der Waals surface area contributed by atoms with Crippen LogP contribution in [0.1, 0.15) is 42.1 Å². The maximum atomic E-state index is 13.4. The molecule has 0 aliphatic heterocycles. The van der Waals surface area contributed by atoms with Crippen LogP contribution in [0.25, 0.3) is 10.2 Å². The second-order valence-corrected chi connectivity index (χ2v) is 8.80. The molecule has 4 rings (SSSR count). The van der Waals surface area contributed by atoms with Gasteiger partial charge in [0.15, 0.2) is 5.13 Å². The van der Waals surface area contributed by atoms with Crippen LogP contribution in [0, 0.1) is 6.92 Å². The van der Waals surface area contributed by atoms with E-state index in [1.54, 1.807) is 22.4 Å². The number of anilines is 1. The number of aromatic nitrogens is 2. The summed E-state index contributed by atoms with van der Waals surface area (Å²) in [6.07, 6.45) is 2.09. The summed E-state index contributed by atoms with van der Waals surface area (Å²) in [6, 6.07) is 20.2. The van der Waals surface area contributed by atoms with Gasteiger partial charge in [-0.25, -0.2) is 4.98 Å². The summed E-state index contributed by atoms with van der Waals surface area (Å²) in [7, 11) is 0. The number of carbonyl (C=O) groups excluding carboxylic acids is 1. The molecule has 0 N–H and O–H groups in total. The lowest BCUT2D eigenvalue weighted by Gasteiger charge is -2.20. The number of fused-ring (bicyclic) bond motifs is 1. The van der Waals surface area contributed by atoms with Crippen LogP contribution in [-0.2, 0) is 17.8 Å². The van der Waals surface area contributed by atoms with E-state index < -0.39 is 0 Å². The Morgan fingerprint density at radius 2 is 1.83 bits per heavy atom. The van der Waals surface area contributed by atoms with Crippen LogP contribution in [0.4, 0.5) is 5.13 Å². The molecule has 0 spiro atoms. The van der Waals surface area contributed by atoms with E-state index in [1.807, 2.05) is 37.3 Å². The highest BCUT2D eigenvalue weighted by molar-refractivity contribution is 7.22. The van der Waals surface area contributed by atoms with E-state index in [2.05, 4.69) is 49.2 Å². The van der Waals surface area contributed by atoms with Crippen LogP contribution in [0.3, 0.4) is 0 Å². The Labute approximate surface area is 181 Å². The van der Waals surface area contributed by atoms with E-state index in [9.17, 15) is 4.79 Å². The molecule has 1 amide bonds. The number of amides is 1. The summed E-state index contributed by atoms with van der Waals surface area (Å²) in [4.78, 5) is 24.4. The number of hydrogen-bond donors (Lipinski definition) is 0. The SMILES string of the molecule is Cc1cccc2sc(N(Cc3ccccn3)C(=O)Cc3ccc(C(C)C)cc3)nc12. The van der Waals surface area contributed by atoms with Crippen molar-refractivity contribution in [2.45, 2.75) is 39.7 Å². The lowest BCUT2D eigenvalue weighted by Crippen LogP contribution is -2.32. The van der Waals surface area contributed by atoms with Gasteiger partial charge in [0.1, 0.15) is 0 Å². The van der Waals surface area contributed by atoms with Crippen LogP contribution in [0.5, 0.6) is 0 Å². The second kappa shape index (κ2) is 8.76. The molecule has 0 radical (unpaired) electrons. The first-order valence-corrected chi connectivity index (χ1v) is 11.0. The van der Waals surface area contributed by atoms with Crippen molar-refractivity contribution in [3.05, 3.63) is 89.2 Å². The van der Waals surface area contributed by atoms with Crippen molar-refractivity contribution < 1.29 is 4.79 Å². The minimum atomic E-state index is 0.0228. The average Bonchev–Trinajstić information content (AvgIpc) is 3.18. The minimum Gasteiger partial charge on any atom is -0.282 e. The zero-order valence-electron chi connectivity index (χ0n) is 17.5. The normalized spacial score (nSPS) is 11.2. The summed E-state index contributed by atoms with van der Waals surface area (Å²) >= 11 is 1.55. The molecular formula is C25H25N3OS. The first-order chi connectivity index (χ1) is 14.5. The van der Waals surface area contributed by atoms with Crippen LogP contribution in [0.2, 0.25) is 0 Å². The van der Waals surface area contributed by atoms with Gasteiger partial charge in [-0.15, -0.1) is 0 Å². The van der Waals surface area contributed by atoms with Gasteiger partial charge in [-0.3, -0.25) is 14.7 Å². The molecule has 2 aromatic heterocycles. The van der Waals surface area contributed by atoms with Gasteiger partial charge in [0, 0.05) is 6.20 Å². The van der Waals surface area contributed by atoms with Crippen LogP contribution >= 0.6 is 11.3 Å². The van der Waals surface area contributed by atoms with Crippen molar-refractivity contribution in [3.63, 3.8) is 0 Å². The number of benzene rings is 2. The number of rotatable bonds is 6. The quantitative estimate of drug-likeness (QED) is 0.394. The van der Waals surface area contributed by atoms with Crippen LogP contribution in [0.15, 0.2) is 66.9 Å². The molecule has 2 aromatic carbocycles. The molecular weight excluding hydrogens is 390 g/mol. The fourth-order valence-electron chi connectivity index (χ4n) is 3.40. The number of pyridine rings is 1. The first-order valence-electron chi connectivity index (χ1n) is 10.2. The molecule has 0 saturated carbocycles. The van der Waals surface area contributed by atoms with Gasteiger partial charge in [0.05, 0.1) is 28.9 Å². The molecule has 0 saturated heterocycles. The highest BCUT2D eigenvalue weighted by Crippen LogP contribution is 2.31. The number of nitrogens with zero attached hydrogens (tertiary/aromatic N) is 3. The molecule has 0 bridgehead atoms. The van der Waals surface area contributed by atoms with Crippen molar-refractivity contribution >= 4 is 32.6 Å². The Hall–Kier alpha value is -3.05. The molecule has 0 aliphatic rings. The molecule has 4 nitrogen and oxygen atoms in total. The Morgan fingerprint density at radius 1 is 1.03 bits per heavy atom. The van der Waals surface area contributed by atoms with E-state index in [1.165, 1.54) is 5.56 Å². The third kappa shape index (κ3) is 4.41. The Morgan fingerprint density at radius 3 is 2.50 bits per heavy atom. The lowest BCUT2D eigenvalue weighted by atomic mass is 10.0. The van der Waals surface area contributed by atoms with Gasteiger partial charge in [-0.05, 0) is 47.7 Å². The summed E-state index contributed by atoms with van der Waals surface area (Å²) in [6.45, 7) is 6.80. The highest BCUT2D eigenvalue weighted by atomic mass is 32.1. The van der Waals surface area contributed by atoms with Crippen molar-refractivity contribution in [2.24, 2.45) is 0 Å². The molecule has 5 heteroatoms. The van der Waals surface area contributed by atoms with Crippen molar-refractivity contribution in [3.8, 4) is 0 Å². The monoisotopic (exact) mass is 415 g/mol. The van der Waals surface area contributed by atoms with Gasteiger partial charge in [-0.1, -0.05) is 67.6 Å². The number of aryl methyl sites for hydroxylation is 1. The van der Waals surface area contributed by atoms with Crippen molar-refractivity contribution in [1.29, 1.82) is 0 Å². The van der Waals surface area contributed by atoms with Crippen LogP contribution in [-0.4, -0.2) is 15.9 Å². The summed E-state index contributed by atoms with van der Waals surface area (Å²) < 4.78 is 1.09. The molecule has 30 heavy (non-hydrogen) atoms. The zero-order valence-corrected chi connectivity index (χ0v) is 18.3. The Kier molecular flexibility index (Phi) is 5.91. The Balaban J connectivity index is 1.65. The second-order valence-electron chi connectivity index (χ2n) is 7.79. The summed E-state index contributed by atoms with van der Waals surface area (Å²) in [5.74, 6) is 0.496. The minimum absolute atomic E-state index is 0.0228. The highest BCUT2D eigenvalue weighted by Gasteiger charge is 2.21. The van der Waals surface area contributed by atoms with Gasteiger partial charge in [0.25, 0.3) is 0 Å². The molecule has 0 aliphatic carbocycles. The van der Waals surface area contributed by atoms with Gasteiger partial charge in [-0.2, -0.15) is 0 Å². The number of para-hydroxylation sites is 1. The fourth-order valence-corrected chi connectivity index (χ4v) is 4.46. The standard InChI is InChI=1S/C25H25N3OS/c1-17(2)20-12-10-19(11-13-20)15-23(29)28(16-21-8-4-5-14-26-21)25-27-24-18(3)7-6-9-22(24)30-25/h4-14,17H,15-16H2,1-3H3. The van der Waals surface area contributed by atoms with Gasteiger partial charge in [0.2, 0.25) is 5.91 Å². The maximum absolute atomic E-state index is 13.4. The molecule has 0 atom stereocenters. The fraction of sp³-hybridized carbons (Fsp3) is 0.240. The van der Waals surface area contributed by atoms with Crippen molar-refractivity contribution in [1.82, 2.24) is 9.97 Å². The molecule has 152 valence electrons. The number of thiazole rings is 1. The molecule has 2 heterocycles. The van der Waals surface area contributed by atoms with E-state index in [0.717, 1.165) is 27.0 Å². The van der Waals surface area contributed by atoms with Crippen molar-refractivity contribution in [2.75, 3.05) is 4.90 Å². The molecule has 4 aromatic rings. The van der Waals surface area contributed by atoms with Crippen LogP contribution < -0.4 is 4.90 Å². The number of hydrogen-bond acceptors (Lipinski definition) is 4. The maximum Gasteiger partial charge on any atom is 0.233 e. The van der Waals surface area contributed by atoms with Gasteiger partial charge >= 0.3 is 0 Å². The third-order valence-corrected chi connectivity index (χ3v) is 6.23. The summed E-state index contributed by atoms with van der Waals surface area (Å²) in [5.41, 5.74) is 5.20. The van der Waals surface area contributed by atoms with E-state index in [4.69, 9.17) is 4.98 Å². The summed E-state index contributed by atoms with van der Waals surface area (Å²) in [5, 5.41) is 0.716. The molecule has 0 unspecified atom stereocenters. The molecule has 0 fully saturated rings.